The van der Waals surface area contributed by atoms with Gasteiger partial charge in [-0.1, -0.05) is 33.1 Å². The summed E-state index contributed by atoms with van der Waals surface area (Å²) in [5.74, 6) is 0. The Morgan fingerprint density at radius 1 is 1.10 bits per heavy atom. The fourth-order valence-corrected chi connectivity index (χ4v) is 1.87. The number of nitrogens with zero attached hydrogens (tertiary/aromatic N) is 1. The molecule has 109 valence electrons. The number of aryl methyl sites for hydroxylation is 2. The first-order valence-electron chi connectivity index (χ1n) is 6.38. The van der Waals surface area contributed by atoms with Gasteiger partial charge in [0.1, 0.15) is 0 Å². The predicted molar refractivity (Wildman–Crippen MR) is 73.9 cm³/mol. The summed E-state index contributed by atoms with van der Waals surface area (Å²) in [5, 5.41) is 0. The van der Waals surface area contributed by atoms with Crippen molar-refractivity contribution in [1.29, 1.82) is 0 Å². The van der Waals surface area contributed by atoms with Gasteiger partial charge in [-0.25, -0.2) is 6.07 Å². The first-order chi connectivity index (χ1) is 8.76. The Morgan fingerprint density at radius 3 is 2.15 bits per heavy atom. The first-order valence-corrected chi connectivity index (χ1v) is 7.01. The molecule has 0 bridgehead atoms. The summed E-state index contributed by atoms with van der Waals surface area (Å²) >= 11 is 2.19. The normalized spacial score (nSPS) is 8.60. The van der Waals surface area contributed by atoms with Crippen molar-refractivity contribution in [2.75, 3.05) is 0 Å². The van der Waals surface area contributed by atoms with Crippen molar-refractivity contribution < 1.29 is 42.0 Å². The van der Waals surface area contributed by atoms with E-state index in [1.807, 2.05) is 30.3 Å². The molecule has 0 radical (unpaired) electrons. The molecule has 0 fully saturated rings. The van der Waals surface area contributed by atoms with Gasteiger partial charge >= 0.3 is 57.0 Å². The van der Waals surface area contributed by atoms with Gasteiger partial charge in [-0.05, 0) is 0 Å². The van der Waals surface area contributed by atoms with Crippen molar-refractivity contribution in [1.82, 2.24) is 0 Å². The molecule has 20 heavy (non-hydrogen) atoms. The zero-order chi connectivity index (χ0) is 13.2. The van der Waals surface area contributed by atoms with Crippen LogP contribution in [0.25, 0.3) is 0 Å². The molecular formula is C16H20Cl2NV-. The molecule has 0 aliphatic carbocycles. The van der Waals surface area contributed by atoms with Gasteiger partial charge in [-0.15, -0.1) is 0 Å². The Labute approximate surface area is 144 Å². The number of unbranched alkanes of at least 4 members (excludes halogenated alkanes) is 1. The van der Waals surface area contributed by atoms with E-state index < -0.39 is 0 Å². The molecule has 0 heterocycles. The topological polar surface area (TPSA) is 12.4 Å². The molecule has 0 N–H and O–H groups in total. The first kappa shape index (κ1) is 21.8. The maximum atomic E-state index is 3.91. The zero-order valence-corrected chi connectivity index (χ0v) is 14.8. The second kappa shape index (κ2) is 13.5. The van der Waals surface area contributed by atoms with E-state index in [-0.39, 0.29) is 24.8 Å². The van der Waals surface area contributed by atoms with Crippen molar-refractivity contribution >= 4 is 5.69 Å². The van der Waals surface area contributed by atoms with Gasteiger partial charge in [-0.2, -0.15) is 23.3 Å². The summed E-state index contributed by atoms with van der Waals surface area (Å²) in [6, 6.07) is 16.5. The van der Waals surface area contributed by atoms with Crippen LogP contribution in [0, 0.1) is 6.92 Å². The molecule has 0 spiro atoms. The second-order valence-electron chi connectivity index (χ2n) is 4.34. The van der Waals surface area contributed by atoms with Crippen LogP contribution >= 0.6 is 0 Å². The Hall–Kier alpha value is -0.466. The minimum absolute atomic E-state index is 0. The van der Waals surface area contributed by atoms with Crippen molar-refractivity contribution in [2.45, 2.75) is 33.1 Å². The second-order valence-corrected chi connectivity index (χ2v) is 4.65. The van der Waals surface area contributed by atoms with Gasteiger partial charge in [0.05, 0.1) is 0 Å². The molecule has 2 aromatic rings. The van der Waals surface area contributed by atoms with E-state index >= 15 is 0 Å². The van der Waals surface area contributed by atoms with Crippen LogP contribution in [0.15, 0.2) is 52.3 Å². The Morgan fingerprint density at radius 2 is 1.75 bits per heavy atom. The third-order valence-electron chi connectivity index (χ3n) is 2.66. The van der Waals surface area contributed by atoms with Crippen LogP contribution in [0.1, 0.15) is 30.9 Å². The van der Waals surface area contributed by atoms with Crippen LogP contribution in [0.3, 0.4) is 0 Å². The molecule has 0 atom stereocenters. The molecule has 2 rings (SSSR count). The third-order valence-corrected chi connectivity index (χ3v) is 3.02. The van der Waals surface area contributed by atoms with Gasteiger partial charge in [0.2, 0.25) is 0 Å². The number of benzene rings is 1. The standard InChI is InChI=1S/C10H15.C6H5N.2ClH.V/c1-3-4-5-10-7-6-9(2)8-10;7-6-4-2-1-3-5-6;;;/h6-8H,3-5H2,1-2H3;1-5H;2*1H;/q-1;;;;+2/p-2. The molecule has 0 aliphatic heterocycles. The quantitative estimate of drug-likeness (QED) is 0.636. The van der Waals surface area contributed by atoms with Crippen molar-refractivity contribution in [3.63, 3.8) is 0 Å². The summed E-state index contributed by atoms with van der Waals surface area (Å²) in [6.07, 6.45) is 3.87. The van der Waals surface area contributed by atoms with Gasteiger partial charge in [0.15, 0.2) is 0 Å². The van der Waals surface area contributed by atoms with Crippen LogP contribution in [-0.4, -0.2) is 0 Å². The monoisotopic (exact) mass is 347 g/mol. The van der Waals surface area contributed by atoms with E-state index in [1.165, 1.54) is 30.4 Å². The average Bonchev–Trinajstić information content (AvgIpc) is 2.84. The van der Waals surface area contributed by atoms with Crippen LogP contribution < -0.4 is 24.8 Å². The van der Waals surface area contributed by atoms with Crippen molar-refractivity contribution in [2.24, 2.45) is 3.79 Å². The predicted octanol–water partition coefficient (Wildman–Crippen LogP) is -0.887. The summed E-state index contributed by atoms with van der Waals surface area (Å²) in [7, 11) is 0. The molecule has 4 heteroatoms. The fraction of sp³-hybridized carbons (Fsp3) is 0.312. The summed E-state index contributed by atoms with van der Waals surface area (Å²) < 4.78 is 3.91. The fourth-order valence-electron chi connectivity index (χ4n) is 1.66. The summed E-state index contributed by atoms with van der Waals surface area (Å²) in [4.78, 5) is 0. The van der Waals surface area contributed by atoms with Gasteiger partial charge in [-0.3, -0.25) is 0 Å². The molecular weight excluding hydrogens is 328 g/mol. The summed E-state index contributed by atoms with van der Waals surface area (Å²) in [6.45, 7) is 4.38. The van der Waals surface area contributed by atoms with Crippen LogP contribution in [0.4, 0.5) is 5.69 Å². The van der Waals surface area contributed by atoms with E-state index in [0.717, 1.165) is 5.69 Å². The minimum atomic E-state index is 0. The van der Waals surface area contributed by atoms with E-state index in [1.54, 1.807) is 0 Å². The van der Waals surface area contributed by atoms with Crippen LogP contribution in [0.2, 0.25) is 0 Å². The molecule has 0 aliphatic rings. The molecule has 1 nitrogen and oxygen atoms in total. The van der Waals surface area contributed by atoms with Crippen molar-refractivity contribution in [3.05, 3.63) is 59.7 Å². The van der Waals surface area contributed by atoms with E-state index in [2.05, 4.69) is 53.1 Å². The molecule has 0 saturated carbocycles. The molecule has 0 aromatic heterocycles. The zero-order valence-electron chi connectivity index (χ0n) is 11.9. The summed E-state index contributed by atoms with van der Waals surface area (Å²) in [5.41, 5.74) is 3.90. The van der Waals surface area contributed by atoms with Crippen LogP contribution in [-0.2, 0) is 23.7 Å². The van der Waals surface area contributed by atoms with Gasteiger partial charge in [0.25, 0.3) is 0 Å². The van der Waals surface area contributed by atoms with Crippen molar-refractivity contribution in [3.8, 4) is 0 Å². The van der Waals surface area contributed by atoms with Gasteiger partial charge < -0.3 is 24.8 Å². The van der Waals surface area contributed by atoms with E-state index in [4.69, 9.17) is 0 Å². The van der Waals surface area contributed by atoms with E-state index in [9.17, 15) is 0 Å². The average molecular weight is 348 g/mol. The number of halogens is 2. The third kappa shape index (κ3) is 9.44. The molecule has 0 amide bonds. The maximum absolute atomic E-state index is 3.91. The van der Waals surface area contributed by atoms with Gasteiger partial charge in [0, 0.05) is 0 Å². The van der Waals surface area contributed by atoms with E-state index in [0.29, 0.717) is 0 Å². The number of hydrogen-bond donors (Lipinski definition) is 0. The molecule has 0 unspecified atom stereocenters. The number of rotatable bonds is 4. The molecule has 0 saturated heterocycles. The Kier molecular flexibility index (Phi) is 14.7. The SMILES string of the molecule is CCCCc1cc[c-](C)c1.[Cl-].[Cl-].[V+2]=[N]c1ccccc1. The molecule has 2 aromatic carbocycles. The van der Waals surface area contributed by atoms with Crippen LogP contribution in [0.5, 0.6) is 0 Å². The Bertz CT molecular complexity index is 455. The number of hydrogen-bond acceptors (Lipinski definition) is 1. The Balaban J connectivity index is 0.